The number of sulfonamides is 1. The fourth-order valence-electron chi connectivity index (χ4n) is 2.71. The molecule has 0 unspecified atom stereocenters. The minimum Gasteiger partial charge on any atom is -0.357 e. The van der Waals surface area contributed by atoms with Gasteiger partial charge in [-0.2, -0.15) is 17.5 Å². The van der Waals surface area contributed by atoms with E-state index in [-0.39, 0.29) is 43.0 Å². The van der Waals surface area contributed by atoms with Gasteiger partial charge < -0.3 is 10.6 Å². The highest BCUT2D eigenvalue weighted by molar-refractivity contribution is 14.0. The van der Waals surface area contributed by atoms with E-state index in [1.807, 2.05) is 13.8 Å². The standard InChI is InChI=1S/C15H24F3N5O2S2.HI/c1-3-19-14(21-9-13-11(2)22-10-26-13)20-8-12-4-6-23(7-5-12)27(24,25)15(16,17)18;/h10,12H,3-9H2,1-2H3,(H2,19,20,21);1H. The normalized spacial score (nSPS) is 17.2. The minimum atomic E-state index is -5.24. The Balaban J connectivity index is 0.00000392. The number of thiazole rings is 1. The topological polar surface area (TPSA) is 86.7 Å². The van der Waals surface area contributed by atoms with Gasteiger partial charge in [-0.15, -0.1) is 35.3 Å². The number of nitrogens with one attached hydrogen (secondary N) is 2. The van der Waals surface area contributed by atoms with Crippen LogP contribution in [0.1, 0.15) is 30.3 Å². The van der Waals surface area contributed by atoms with Crippen LogP contribution in [0, 0.1) is 12.8 Å². The second-order valence-electron chi connectivity index (χ2n) is 6.23. The number of halogens is 4. The average molecular weight is 555 g/mol. The molecule has 0 aliphatic carbocycles. The number of hydrogen-bond acceptors (Lipinski definition) is 5. The number of aromatic nitrogens is 1. The van der Waals surface area contributed by atoms with Crippen LogP contribution in [-0.4, -0.2) is 55.4 Å². The lowest BCUT2D eigenvalue weighted by Gasteiger charge is -2.31. The average Bonchev–Trinajstić information content (AvgIpc) is 3.02. The number of piperidine rings is 1. The summed E-state index contributed by atoms with van der Waals surface area (Å²) in [4.78, 5) is 9.74. The van der Waals surface area contributed by atoms with Gasteiger partial charge in [0.1, 0.15) is 0 Å². The van der Waals surface area contributed by atoms with Gasteiger partial charge in [0, 0.05) is 31.1 Å². The second-order valence-corrected chi connectivity index (χ2v) is 9.10. The summed E-state index contributed by atoms with van der Waals surface area (Å²) in [5, 5.41) is 6.31. The molecule has 0 bridgehead atoms. The Kier molecular flexibility index (Phi) is 9.89. The van der Waals surface area contributed by atoms with Gasteiger partial charge in [-0.3, -0.25) is 0 Å². The molecule has 2 N–H and O–H groups in total. The van der Waals surface area contributed by atoms with Crippen molar-refractivity contribution < 1.29 is 21.6 Å². The highest BCUT2D eigenvalue weighted by Gasteiger charge is 2.50. The smallest absolute Gasteiger partial charge is 0.357 e. The first kappa shape index (κ1) is 25.4. The molecule has 28 heavy (non-hydrogen) atoms. The number of nitrogens with zero attached hydrogens (tertiary/aromatic N) is 3. The van der Waals surface area contributed by atoms with Gasteiger partial charge in [-0.05, 0) is 32.6 Å². The fraction of sp³-hybridized carbons (Fsp3) is 0.733. The molecule has 2 heterocycles. The number of alkyl halides is 3. The molecule has 0 radical (unpaired) electrons. The van der Waals surface area contributed by atoms with Crippen LogP contribution < -0.4 is 10.6 Å². The quantitative estimate of drug-likeness (QED) is 0.321. The second kappa shape index (κ2) is 10.9. The Bertz CT molecular complexity index is 747. The van der Waals surface area contributed by atoms with E-state index in [4.69, 9.17) is 0 Å². The molecule has 1 saturated heterocycles. The number of aliphatic imine (C=N–C) groups is 1. The third-order valence-corrected chi connectivity index (χ3v) is 6.88. The molecule has 0 aromatic carbocycles. The first-order chi connectivity index (χ1) is 12.6. The third kappa shape index (κ3) is 6.69. The summed E-state index contributed by atoms with van der Waals surface area (Å²) in [6, 6.07) is 0. The predicted molar refractivity (Wildman–Crippen MR) is 114 cm³/mol. The molecule has 1 aromatic rings. The van der Waals surface area contributed by atoms with Crippen molar-refractivity contribution in [3.63, 3.8) is 0 Å². The third-order valence-electron chi connectivity index (χ3n) is 4.33. The minimum absolute atomic E-state index is 0. The van der Waals surface area contributed by atoms with Crippen LogP contribution >= 0.6 is 35.3 Å². The van der Waals surface area contributed by atoms with Crippen LogP contribution in [0.15, 0.2) is 10.5 Å². The largest absolute Gasteiger partial charge is 0.511 e. The summed E-state index contributed by atoms with van der Waals surface area (Å²) in [7, 11) is -5.23. The van der Waals surface area contributed by atoms with Gasteiger partial charge in [0.25, 0.3) is 0 Å². The van der Waals surface area contributed by atoms with Crippen LogP contribution in [0.4, 0.5) is 13.2 Å². The van der Waals surface area contributed by atoms with E-state index in [0.717, 1.165) is 10.6 Å². The zero-order valence-electron chi connectivity index (χ0n) is 15.6. The van der Waals surface area contributed by atoms with E-state index in [1.165, 1.54) is 11.3 Å². The van der Waals surface area contributed by atoms with Crippen molar-refractivity contribution >= 4 is 51.3 Å². The lowest BCUT2D eigenvalue weighted by Crippen LogP contribution is -2.47. The Hall–Kier alpha value is -0.670. The van der Waals surface area contributed by atoms with E-state index in [0.29, 0.717) is 42.7 Å². The molecule has 2 rings (SSSR count). The number of aryl methyl sites for hydroxylation is 1. The number of rotatable bonds is 6. The molecule has 1 aliphatic heterocycles. The van der Waals surface area contributed by atoms with E-state index in [9.17, 15) is 21.6 Å². The highest BCUT2D eigenvalue weighted by Crippen LogP contribution is 2.30. The van der Waals surface area contributed by atoms with Gasteiger partial charge in [0.15, 0.2) is 5.96 Å². The molecule has 0 spiro atoms. The van der Waals surface area contributed by atoms with Crippen molar-refractivity contribution in [2.75, 3.05) is 26.2 Å². The van der Waals surface area contributed by atoms with Crippen molar-refractivity contribution in [3.05, 3.63) is 16.1 Å². The molecule has 1 aromatic heterocycles. The fourth-order valence-corrected chi connectivity index (χ4v) is 4.40. The first-order valence-corrected chi connectivity index (χ1v) is 10.9. The summed E-state index contributed by atoms with van der Waals surface area (Å²) in [6.07, 6.45) is 0.741. The van der Waals surface area contributed by atoms with E-state index < -0.39 is 15.5 Å². The van der Waals surface area contributed by atoms with Gasteiger partial charge in [0.05, 0.1) is 17.7 Å². The summed E-state index contributed by atoms with van der Waals surface area (Å²) in [5.74, 6) is 0.703. The van der Waals surface area contributed by atoms with E-state index in [1.54, 1.807) is 5.51 Å². The number of guanidine groups is 1. The van der Waals surface area contributed by atoms with E-state index >= 15 is 0 Å². The first-order valence-electron chi connectivity index (χ1n) is 8.62. The monoisotopic (exact) mass is 555 g/mol. The Morgan fingerprint density at radius 3 is 2.50 bits per heavy atom. The van der Waals surface area contributed by atoms with Crippen molar-refractivity contribution in [1.29, 1.82) is 0 Å². The summed E-state index contributed by atoms with van der Waals surface area (Å²) >= 11 is 1.53. The van der Waals surface area contributed by atoms with Gasteiger partial charge in [0.2, 0.25) is 0 Å². The Morgan fingerprint density at radius 2 is 2.00 bits per heavy atom. The molecule has 162 valence electrons. The maximum atomic E-state index is 12.6. The zero-order chi connectivity index (χ0) is 20.1. The van der Waals surface area contributed by atoms with Crippen molar-refractivity contribution in [2.24, 2.45) is 10.9 Å². The van der Waals surface area contributed by atoms with Gasteiger partial charge >= 0.3 is 15.5 Å². The van der Waals surface area contributed by atoms with Crippen LogP contribution in [0.2, 0.25) is 0 Å². The molecule has 1 fully saturated rings. The summed E-state index contributed by atoms with van der Waals surface area (Å²) in [6.45, 7) is 5.31. The van der Waals surface area contributed by atoms with Crippen LogP contribution in [0.5, 0.6) is 0 Å². The lowest BCUT2D eigenvalue weighted by atomic mass is 9.98. The van der Waals surface area contributed by atoms with Gasteiger partial charge in [-0.25, -0.2) is 18.4 Å². The molecular formula is C15H25F3IN5O2S2. The van der Waals surface area contributed by atoms with Crippen molar-refractivity contribution in [1.82, 2.24) is 19.9 Å². The van der Waals surface area contributed by atoms with Crippen molar-refractivity contribution in [3.8, 4) is 0 Å². The molecule has 1 aliphatic rings. The molecule has 7 nitrogen and oxygen atoms in total. The molecule has 0 atom stereocenters. The predicted octanol–water partition coefficient (Wildman–Crippen LogP) is 2.69. The van der Waals surface area contributed by atoms with Gasteiger partial charge in [-0.1, -0.05) is 0 Å². The number of hydrogen-bond donors (Lipinski definition) is 2. The summed E-state index contributed by atoms with van der Waals surface area (Å²) in [5.41, 5.74) is -2.53. The maximum absolute atomic E-state index is 12.6. The maximum Gasteiger partial charge on any atom is 0.511 e. The zero-order valence-corrected chi connectivity index (χ0v) is 19.6. The Morgan fingerprint density at radius 1 is 1.36 bits per heavy atom. The van der Waals surface area contributed by atoms with Crippen LogP contribution in [0.3, 0.4) is 0 Å². The van der Waals surface area contributed by atoms with E-state index in [2.05, 4.69) is 20.6 Å². The summed E-state index contributed by atoms with van der Waals surface area (Å²) < 4.78 is 61.2. The SMILES string of the molecule is CCNC(=NCc1scnc1C)NCC1CCN(S(=O)(=O)C(F)(F)F)CC1.I. The van der Waals surface area contributed by atoms with Crippen LogP contribution in [-0.2, 0) is 16.6 Å². The molecule has 0 amide bonds. The highest BCUT2D eigenvalue weighted by atomic mass is 127. The van der Waals surface area contributed by atoms with Crippen LogP contribution in [0.25, 0.3) is 0 Å². The Labute approximate surface area is 184 Å². The molecular weight excluding hydrogens is 530 g/mol. The molecule has 0 saturated carbocycles. The molecule has 13 heteroatoms. The lowest BCUT2D eigenvalue weighted by molar-refractivity contribution is -0.0496. The van der Waals surface area contributed by atoms with Crippen molar-refractivity contribution in [2.45, 2.75) is 38.7 Å².